The Bertz CT molecular complexity index is 131. The average Bonchev–Trinajstić information content (AvgIpc) is 2.04. The molecule has 0 saturated heterocycles. The summed E-state index contributed by atoms with van der Waals surface area (Å²) < 4.78 is 0. The van der Waals surface area contributed by atoms with Crippen LogP contribution < -0.4 is 17.2 Å². The minimum atomic E-state index is -1.31. The molecule has 0 aromatic heterocycles. The van der Waals surface area contributed by atoms with Crippen LogP contribution in [0.5, 0.6) is 0 Å². The van der Waals surface area contributed by atoms with E-state index in [0.717, 1.165) is 19.6 Å². The predicted molar refractivity (Wildman–Crippen MR) is 71.3 cm³/mol. The lowest BCUT2D eigenvalue weighted by Gasteiger charge is -1.80. The number of aliphatic carboxylic acids is 2. The molecule has 0 aromatic rings. The maximum Gasteiger partial charge on any atom is 0.314 e. The maximum absolute atomic E-state index is 9.43. The van der Waals surface area contributed by atoms with Crippen LogP contribution in [0.4, 0.5) is 0 Å². The largest absolute Gasteiger partial charge is 0.481 e. The molecule has 0 rings (SSSR count). The van der Waals surface area contributed by atoms with Gasteiger partial charge in [-0.15, -0.1) is 12.4 Å². The van der Waals surface area contributed by atoms with Gasteiger partial charge in [0.1, 0.15) is 6.42 Å². The van der Waals surface area contributed by atoms with Gasteiger partial charge in [-0.05, 0) is 19.6 Å². The number of hydrogen-bond acceptors (Lipinski definition) is 5. The highest BCUT2D eigenvalue weighted by atomic mass is 35.5. The lowest BCUT2D eigenvalue weighted by atomic mass is 10.5. The fourth-order valence-electron chi connectivity index (χ4n) is 0.129. The third-order valence-electron chi connectivity index (χ3n) is 0.302. The van der Waals surface area contributed by atoms with Crippen LogP contribution in [-0.4, -0.2) is 41.8 Å². The molecule has 0 atom stereocenters. The van der Waals surface area contributed by atoms with Gasteiger partial charge in [-0.2, -0.15) is 0 Å². The van der Waals surface area contributed by atoms with Gasteiger partial charge in [-0.1, -0.05) is 20.8 Å². The van der Waals surface area contributed by atoms with Crippen molar-refractivity contribution in [3.63, 3.8) is 0 Å². The van der Waals surface area contributed by atoms with Crippen LogP contribution in [0.25, 0.3) is 0 Å². The van der Waals surface area contributed by atoms with Crippen LogP contribution >= 0.6 is 12.4 Å². The van der Waals surface area contributed by atoms with Crippen LogP contribution in [0.3, 0.4) is 0 Å². The minimum absolute atomic E-state index is 0. The minimum Gasteiger partial charge on any atom is -0.481 e. The molecule has 8 heteroatoms. The second-order valence-electron chi connectivity index (χ2n) is 2.19. The molecule has 0 saturated carbocycles. The first-order valence-electron chi connectivity index (χ1n) is 4.91. The first kappa shape index (κ1) is 29.8. The molecule has 7 nitrogen and oxygen atoms in total. The number of carboxylic acid groups (broad SMARTS) is 2. The first-order valence-corrected chi connectivity index (χ1v) is 4.91. The zero-order valence-electron chi connectivity index (χ0n) is 10.7. The zero-order valence-corrected chi connectivity index (χ0v) is 11.5. The van der Waals surface area contributed by atoms with Gasteiger partial charge in [-0.25, -0.2) is 0 Å². The van der Waals surface area contributed by atoms with E-state index < -0.39 is 18.4 Å². The van der Waals surface area contributed by atoms with Crippen LogP contribution in [0.15, 0.2) is 0 Å². The van der Waals surface area contributed by atoms with E-state index >= 15 is 0 Å². The molecule has 0 aliphatic carbocycles. The third-order valence-corrected chi connectivity index (χ3v) is 0.302. The van der Waals surface area contributed by atoms with E-state index in [-0.39, 0.29) is 12.4 Å². The van der Waals surface area contributed by atoms with E-state index in [2.05, 4.69) is 0 Å². The Morgan fingerprint density at radius 3 is 0.941 bits per heavy atom. The van der Waals surface area contributed by atoms with E-state index in [1.165, 1.54) is 0 Å². The highest BCUT2D eigenvalue weighted by molar-refractivity contribution is 5.88. The van der Waals surface area contributed by atoms with Gasteiger partial charge in [0.2, 0.25) is 0 Å². The van der Waals surface area contributed by atoms with Crippen molar-refractivity contribution in [1.29, 1.82) is 0 Å². The summed E-state index contributed by atoms with van der Waals surface area (Å²) in [5, 5.41) is 15.4. The van der Waals surface area contributed by atoms with Crippen molar-refractivity contribution in [2.24, 2.45) is 17.2 Å². The number of carbonyl (C=O) groups is 2. The van der Waals surface area contributed by atoms with Crippen LogP contribution in [0.2, 0.25) is 0 Å². The number of halogens is 1. The molecule has 0 aliphatic rings. The Morgan fingerprint density at radius 2 is 0.941 bits per heavy atom. The molecule has 0 aliphatic heterocycles. The van der Waals surface area contributed by atoms with E-state index in [0.29, 0.717) is 0 Å². The van der Waals surface area contributed by atoms with Crippen LogP contribution in [0, 0.1) is 0 Å². The molecule has 108 valence electrons. The lowest BCUT2D eigenvalue weighted by molar-refractivity contribution is -0.147. The van der Waals surface area contributed by atoms with E-state index in [4.69, 9.17) is 27.4 Å². The molecule has 0 amide bonds. The first-order chi connectivity index (χ1) is 7.37. The van der Waals surface area contributed by atoms with Crippen molar-refractivity contribution in [2.75, 3.05) is 19.6 Å². The Hall–Kier alpha value is -0.890. The summed E-state index contributed by atoms with van der Waals surface area (Å²) in [6.07, 6.45) is -0.806. The van der Waals surface area contributed by atoms with Crippen LogP contribution in [0.1, 0.15) is 27.2 Å². The summed E-state index contributed by atoms with van der Waals surface area (Å²) in [7, 11) is 0. The van der Waals surface area contributed by atoms with Crippen molar-refractivity contribution in [2.45, 2.75) is 27.2 Å². The zero-order chi connectivity index (χ0) is 14.0. The average molecular weight is 276 g/mol. The summed E-state index contributed by atoms with van der Waals surface area (Å²) in [6, 6.07) is 0. The summed E-state index contributed by atoms with van der Waals surface area (Å²) in [5.41, 5.74) is 14.5. The Balaban J connectivity index is -0.0000000411. The smallest absolute Gasteiger partial charge is 0.314 e. The molecule has 8 N–H and O–H groups in total. The SMILES string of the molecule is CCN.CCN.CCN.Cl.O=C(O)CC(=O)O. The summed E-state index contributed by atoms with van der Waals surface area (Å²) in [6.45, 7) is 7.96. The Labute approximate surface area is 109 Å². The normalized spacial score (nSPS) is 6.47. The predicted octanol–water partition coefficient (Wildman–Crippen LogP) is -0.137. The topological polar surface area (TPSA) is 153 Å². The van der Waals surface area contributed by atoms with Crippen molar-refractivity contribution < 1.29 is 19.8 Å². The number of carboxylic acids is 2. The Kier molecular flexibility index (Phi) is 63.5. The fourth-order valence-corrected chi connectivity index (χ4v) is 0.129. The highest BCUT2D eigenvalue weighted by Gasteiger charge is 2.01. The second kappa shape index (κ2) is 36.2. The van der Waals surface area contributed by atoms with E-state index in [1.54, 1.807) is 0 Å². The fraction of sp³-hybridized carbons (Fsp3) is 0.778. The Morgan fingerprint density at radius 1 is 0.824 bits per heavy atom. The molecule has 0 aromatic carbocycles. The van der Waals surface area contributed by atoms with Gasteiger partial charge in [0, 0.05) is 0 Å². The molecule has 0 bridgehead atoms. The number of rotatable bonds is 2. The summed E-state index contributed by atoms with van der Waals surface area (Å²) >= 11 is 0. The van der Waals surface area contributed by atoms with Crippen molar-refractivity contribution in [1.82, 2.24) is 0 Å². The molecule has 17 heavy (non-hydrogen) atoms. The van der Waals surface area contributed by atoms with Gasteiger partial charge in [0.05, 0.1) is 0 Å². The van der Waals surface area contributed by atoms with Crippen LogP contribution in [-0.2, 0) is 9.59 Å². The molecule has 0 fully saturated rings. The quantitative estimate of drug-likeness (QED) is 0.440. The molecular formula is C9H26ClN3O4. The second-order valence-corrected chi connectivity index (χ2v) is 2.19. The molecule has 0 heterocycles. The van der Waals surface area contributed by atoms with E-state index in [1.807, 2.05) is 20.8 Å². The summed E-state index contributed by atoms with van der Waals surface area (Å²) in [4.78, 5) is 18.9. The molecule has 0 radical (unpaired) electrons. The van der Waals surface area contributed by atoms with Crippen molar-refractivity contribution in [3.05, 3.63) is 0 Å². The van der Waals surface area contributed by atoms with E-state index in [9.17, 15) is 9.59 Å². The maximum atomic E-state index is 9.43. The monoisotopic (exact) mass is 275 g/mol. The standard InChI is InChI=1S/C3H4O4.3C2H7N.ClH/c4-2(5)1-3(6)7;3*1-2-3;/h1H2,(H,4,5)(H,6,7);3*2-3H2,1H3;1H. The van der Waals surface area contributed by atoms with Gasteiger partial charge < -0.3 is 27.4 Å². The summed E-state index contributed by atoms with van der Waals surface area (Å²) in [5.74, 6) is -2.62. The molecular weight excluding hydrogens is 250 g/mol. The highest BCUT2D eigenvalue weighted by Crippen LogP contribution is 1.74. The number of nitrogens with two attached hydrogens (primary N) is 3. The molecule has 0 spiro atoms. The third kappa shape index (κ3) is 269. The molecule has 0 unspecified atom stereocenters. The van der Waals surface area contributed by atoms with Crippen molar-refractivity contribution >= 4 is 24.3 Å². The van der Waals surface area contributed by atoms with Gasteiger partial charge in [0.15, 0.2) is 0 Å². The number of hydrogen-bond donors (Lipinski definition) is 5. The van der Waals surface area contributed by atoms with Gasteiger partial charge in [0.25, 0.3) is 0 Å². The van der Waals surface area contributed by atoms with Gasteiger partial charge >= 0.3 is 11.9 Å². The van der Waals surface area contributed by atoms with Crippen molar-refractivity contribution in [3.8, 4) is 0 Å². The van der Waals surface area contributed by atoms with Gasteiger partial charge in [-0.3, -0.25) is 9.59 Å². The lowest BCUT2D eigenvalue weighted by Crippen LogP contribution is -2.03.